The van der Waals surface area contributed by atoms with Crippen molar-refractivity contribution in [1.29, 1.82) is 0 Å². The molecule has 1 saturated heterocycles. The molecule has 1 N–H and O–H groups in total. The summed E-state index contributed by atoms with van der Waals surface area (Å²) in [6.07, 6.45) is 3.99. The lowest BCUT2D eigenvalue weighted by Crippen LogP contribution is -2.43. The molecule has 1 aliphatic rings. The van der Waals surface area contributed by atoms with Crippen molar-refractivity contribution < 1.29 is 0 Å². The zero-order valence-corrected chi connectivity index (χ0v) is 13.2. The summed E-state index contributed by atoms with van der Waals surface area (Å²) in [5.41, 5.74) is 2.42. The Morgan fingerprint density at radius 2 is 2.19 bits per heavy atom. The van der Waals surface area contributed by atoms with Gasteiger partial charge < -0.3 is 5.32 Å². The van der Waals surface area contributed by atoms with Gasteiger partial charge in [-0.3, -0.25) is 9.58 Å². The minimum Gasteiger partial charge on any atom is -0.313 e. The van der Waals surface area contributed by atoms with E-state index in [0.717, 1.165) is 19.6 Å². The minimum atomic E-state index is 0.647. The number of aromatic nitrogens is 2. The third kappa shape index (κ3) is 3.27. The van der Waals surface area contributed by atoms with Crippen LogP contribution in [0, 0.1) is 0 Å². The van der Waals surface area contributed by atoms with Gasteiger partial charge in [0.05, 0.1) is 11.2 Å². The van der Waals surface area contributed by atoms with E-state index >= 15 is 0 Å². The Bertz CT molecular complexity index is 583. The lowest BCUT2D eigenvalue weighted by atomic mass is 10.0. The molecule has 1 aromatic carbocycles. The Labute approximate surface area is 127 Å². The maximum absolute atomic E-state index is 4.73. The van der Waals surface area contributed by atoms with Gasteiger partial charge in [-0.2, -0.15) is 5.10 Å². The van der Waals surface area contributed by atoms with Gasteiger partial charge in [-0.25, -0.2) is 0 Å². The van der Waals surface area contributed by atoms with E-state index in [1.54, 1.807) is 0 Å². The first kappa shape index (κ1) is 14.5. The monoisotopic (exact) mass is 286 g/mol. The normalized spacial score (nSPS) is 19.5. The van der Waals surface area contributed by atoms with Crippen LogP contribution in [0.3, 0.4) is 0 Å². The molecular formula is C17H26N4. The van der Waals surface area contributed by atoms with E-state index in [1.165, 1.54) is 42.4 Å². The van der Waals surface area contributed by atoms with Crippen molar-refractivity contribution >= 4 is 10.9 Å². The maximum Gasteiger partial charge on any atom is 0.0843 e. The van der Waals surface area contributed by atoms with Crippen LogP contribution in [0.1, 0.15) is 31.9 Å². The third-order valence-corrected chi connectivity index (χ3v) is 4.55. The summed E-state index contributed by atoms with van der Waals surface area (Å²) in [5, 5.41) is 9.66. The molecule has 0 saturated carbocycles. The molecule has 0 radical (unpaired) electrons. The van der Waals surface area contributed by atoms with Gasteiger partial charge in [0.15, 0.2) is 0 Å². The van der Waals surface area contributed by atoms with Crippen molar-refractivity contribution in [1.82, 2.24) is 20.0 Å². The van der Waals surface area contributed by atoms with E-state index in [9.17, 15) is 0 Å². The van der Waals surface area contributed by atoms with Gasteiger partial charge in [0, 0.05) is 31.6 Å². The SMILES string of the molecule is CCN(Cc1nn(C)c2ccccc12)CC1CCCCN1. The van der Waals surface area contributed by atoms with Crippen LogP contribution in [-0.4, -0.2) is 40.4 Å². The molecular weight excluding hydrogens is 260 g/mol. The number of para-hydroxylation sites is 1. The zero-order valence-electron chi connectivity index (χ0n) is 13.2. The first-order valence-corrected chi connectivity index (χ1v) is 8.14. The highest BCUT2D eigenvalue weighted by atomic mass is 15.3. The fourth-order valence-corrected chi connectivity index (χ4v) is 3.31. The summed E-state index contributed by atoms with van der Waals surface area (Å²) in [5.74, 6) is 0. The molecule has 0 amide bonds. The van der Waals surface area contributed by atoms with Crippen LogP contribution >= 0.6 is 0 Å². The second-order valence-electron chi connectivity index (χ2n) is 6.06. The van der Waals surface area contributed by atoms with Crippen molar-refractivity contribution in [3.05, 3.63) is 30.0 Å². The topological polar surface area (TPSA) is 33.1 Å². The Hall–Kier alpha value is -1.39. The Morgan fingerprint density at radius 1 is 1.33 bits per heavy atom. The molecule has 1 aromatic heterocycles. The van der Waals surface area contributed by atoms with Crippen molar-refractivity contribution in [2.45, 2.75) is 38.8 Å². The van der Waals surface area contributed by atoms with Crippen molar-refractivity contribution in [3.63, 3.8) is 0 Å². The second kappa shape index (κ2) is 6.58. The largest absolute Gasteiger partial charge is 0.313 e. The van der Waals surface area contributed by atoms with Crippen LogP contribution in [0.4, 0.5) is 0 Å². The van der Waals surface area contributed by atoms with Gasteiger partial charge in [-0.15, -0.1) is 0 Å². The number of piperidine rings is 1. The predicted molar refractivity (Wildman–Crippen MR) is 87.3 cm³/mol. The second-order valence-corrected chi connectivity index (χ2v) is 6.06. The number of fused-ring (bicyclic) bond motifs is 1. The van der Waals surface area contributed by atoms with Crippen LogP contribution in [0.15, 0.2) is 24.3 Å². The Balaban J connectivity index is 1.73. The summed E-state index contributed by atoms with van der Waals surface area (Å²) in [6, 6.07) is 9.16. The van der Waals surface area contributed by atoms with Gasteiger partial charge in [0.1, 0.15) is 0 Å². The molecule has 1 fully saturated rings. The van der Waals surface area contributed by atoms with Gasteiger partial charge in [0.25, 0.3) is 0 Å². The van der Waals surface area contributed by atoms with Crippen LogP contribution in [-0.2, 0) is 13.6 Å². The average Bonchev–Trinajstić information content (AvgIpc) is 2.84. The third-order valence-electron chi connectivity index (χ3n) is 4.55. The van der Waals surface area contributed by atoms with E-state index in [-0.39, 0.29) is 0 Å². The number of hydrogen-bond donors (Lipinski definition) is 1. The highest BCUT2D eigenvalue weighted by Crippen LogP contribution is 2.19. The van der Waals surface area contributed by atoms with Gasteiger partial charge in [0.2, 0.25) is 0 Å². The van der Waals surface area contributed by atoms with Crippen molar-refractivity contribution in [2.24, 2.45) is 7.05 Å². The smallest absolute Gasteiger partial charge is 0.0843 e. The standard InChI is InChI=1S/C17H26N4/c1-3-21(12-14-8-6-7-11-18-14)13-16-15-9-4-5-10-17(15)20(2)19-16/h4-5,9-10,14,18H,3,6-8,11-13H2,1-2H3. The summed E-state index contributed by atoms with van der Waals surface area (Å²) in [6.45, 7) is 6.56. The molecule has 0 bridgehead atoms. The van der Waals surface area contributed by atoms with E-state index < -0.39 is 0 Å². The fourth-order valence-electron chi connectivity index (χ4n) is 3.31. The minimum absolute atomic E-state index is 0.647. The van der Waals surface area contributed by atoms with E-state index in [4.69, 9.17) is 5.10 Å². The molecule has 0 spiro atoms. The molecule has 3 rings (SSSR count). The summed E-state index contributed by atoms with van der Waals surface area (Å²) in [4.78, 5) is 2.51. The molecule has 1 unspecified atom stereocenters. The number of benzene rings is 1. The number of nitrogens with zero attached hydrogens (tertiary/aromatic N) is 3. The molecule has 4 heteroatoms. The number of aryl methyl sites for hydroxylation is 1. The molecule has 1 atom stereocenters. The zero-order chi connectivity index (χ0) is 14.7. The maximum atomic E-state index is 4.73. The lowest BCUT2D eigenvalue weighted by molar-refractivity contribution is 0.224. The summed E-state index contributed by atoms with van der Waals surface area (Å²) >= 11 is 0. The van der Waals surface area contributed by atoms with E-state index in [2.05, 4.69) is 41.4 Å². The quantitative estimate of drug-likeness (QED) is 0.917. The average molecular weight is 286 g/mol. The number of likely N-dealkylation sites (N-methyl/N-ethyl adjacent to an activating group) is 1. The Morgan fingerprint density at radius 3 is 2.95 bits per heavy atom. The molecule has 4 nitrogen and oxygen atoms in total. The van der Waals surface area contributed by atoms with Crippen molar-refractivity contribution in [2.75, 3.05) is 19.6 Å². The number of rotatable bonds is 5. The predicted octanol–water partition coefficient (Wildman–Crippen LogP) is 2.54. The summed E-state index contributed by atoms with van der Waals surface area (Å²) in [7, 11) is 2.03. The van der Waals surface area contributed by atoms with E-state index in [1.807, 2.05) is 11.7 Å². The van der Waals surface area contributed by atoms with E-state index in [0.29, 0.717) is 6.04 Å². The summed E-state index contributed by atoms with van der Waals surface area (Å²) < 4.78 is 2.00. The van der Waals surface area contributed by atoms with Gasteiger partial charge in [-0.05, 0) is 32.0 Å². The van der Waals surface area contributed by atoms with Crippen LogP contribution < -0.4 is 5.32 Å². The van der Waals surface area contributed by atoms with Crippen LogP contribution in [0.2, 0.25) is 0 Å². The van der Waals surface area contributed by atoms with Crippen LogP contribution in [0.5, 0.6) is 0 Å². The highest BCUT2D eigenvalue weighted by Gasteiger charge is 2.17. The molecule has 0 aliphatic carbocycles. The molecule has 21 heavy (non-hydrogen) atoms. The molecule has 2 aromatic rings. The molecule has 2 heterocycles. The first-order valence-electron chi connectivity index (χ1n) is 8.14. The van der Waals surface area contributed by atoms with Gasteiger partial charge in [-0.1, -0.05) is 31.5 Å². The lowest BCUT2D eigenvalue weighted by Gasteiger charge is -2.29. The van der Waals surface area contributed by atoms with Crippen LogP contribution in [0.25, 0.3) is 10.9 Å². The molecule has 114 valence electrons. The first-order chi connectivity index (χ1) is 10.3. The highest BCUT2D eigenvalue weighted by molar-refractivity contribution is 5.81. The fraction of sp³-hybridized carbons (Fsp3) is 0.588. The number of hydrogen-bond acceptors (Lipinski definition) is 3. The number of nitrogens with one attached hydrogen (secondary N) is 1. The Kier molecular flexibility index (Phi) is 4.56. The molecule has 1 aliphatic heterocycles. The van der Waals surface area contributed by atoms with Gasteiger partial charge >= 0.3 is 0 Å². The van der Waals surface area contributed by atoms with Crippen molar-refractivity contribution in [3.8, 4) is 0 Å².